The van der Waals surface area contributed by atoms with E-state index in [9.17, 15) is 9.90 Å². The maximum absolute atomic E-state index is 10.8. The Morgan fingerprint density at radius 2 is 2.21 bits per heavy atom. The number of nitrogens with one attached hydrogen (secondary N) is 1. The van der Waals surface area contributed by atoms with Crippen LogP contribution in [0, 0.1) is 6.92 Å². The number of carboxylic acid groups (broad SMARTS) is 1. The average molecular weight is 261 g/mol. The van der Waals surface area contributed by atoms with Crippen LogP contribution in [0.25, 0.3) is 0 Å². The molecule has 1 aromatic carbocycles. The summed E-state index contributed by atoms with van der Waals surface area (Å²) in [5, 5.41) is 25.6. The van der Waals surface area contributed by atoms with E-state index in [-0.39, 0.29) is 11.3 Å². The van der Waals surface area contributed by atoms with Gasteiger partial charge in [0.1, 0.15) is 11.3 Å². The molecule has 0 aliphatic heterocycles. The smallest absolute Gasteiger partial charge is 0.339 e. The highest BCUT2D eigenvalue weighted by atomic mass is 16.4. The predicted octanol–water partition coefficient (Wildman–Crippen LogP) is 1.74. The minimum absolute atomic E-state index is 0.108. The van der Waals surface area contributed by atoms with Gasteiger partial charge in [-0.15, -0.1) is 0 Å². The van der Waals surface area contributed by atoms with Crippen molar-refractivity contribution in [3.05, 3.63) is 41.2 Å². The Morgan fingerprint density at radius 1 is 1.47 bits per heavy atom. The van der Waals surface area contributed by atoms with Crippen molar-refractivity contribution >= 4 is 11.7 Å². The molecule has 0 aliphatic rings. The topological polar surface area (TPSA) is 87.4 Å². The number of aromatic nitrogens is 2. The molecule has 0 fully saturated rings. The number of hydrogen-bond donors (Lipinski definition) is 3. The second-order valence-corrected chi connectivity index (χ2v) is 4.27. The molecular formula is C13H15N3O3. The first kappa shape index (κ1) is 12.9. The first-order valence-electron chi connectivity index (χ1n) is 5.76. The zero-order valence-electron chi connectivity index (χ0n) is 10.7. The number of rotatable bonds is 4. The molecule has 0 radical (unpaired) electrons. The maximum atomic E-state index is 10.8. The molecule has 1 aromatic heterocycles. The molecule has 0 atom stereocenters. The summed E-state index contributed by atoms with van der Waals surface area (Å²) in [6, 6.07) is 4.39. The van der Waals surface area contributed by atoms with Gasteiger partial charge in [0.2, 0.25) is 0 Å². The van der Waals surface area contributed by atoms with Crippen LogP contribution in [0.1, 0.15) is 21.6 Å². The minimum atomic E-state index is -1.15. The third kappa shape index (κ3) is 2.67. The lowest BCUT2D eigenvalue weighted by Crippen LogP contribution is -2.02. The second-order valence-electron chi connectivity index (χ2n) is 4.27. The van der Waals surface area contributed by atoms with Gasteiger partial charge >= 0.3 is 5.97 Å². The Morgan fingerprint density at radius 3 is 2.74 bits per heavy atom. The quantitative estimate of drug-likeness (QED) is 0.780. The molecule has 6 nitrogen and oxygen atoms in total. The Hall–Kier alpha value is -2.50. The number of carbonyl (C=O) groups is 1. The van der Waals surface area contributed by atoms with E-state index in [0.717, 1.165) is 11.3 Å². The van der Waals surface area contributed by atoms with Crippen molar-refractivity contribution in [1.29, 1.82) is 0 Å². The molecular weight excluding hydrogens is 246 g/mol. The molecule has 0 spiro atoms. The zero-order valence-corrected chi connectivity index (χ0v) is 10.7. The molecule has 3 N–H and O–H groups in total. The summed E-state index contributed by atoms with van der Waals surface area (Å²) >= 11 is 0. The predicted molar refractivity (Wildman–Crippen MR) is 70.3 cm³/mol. The Labute approximate surface area is 110 Å². The van der Waals surface area contributed by atoms with Crippen molar-refractivity contribution in [2.75, 3.05) is 5.32 Å². The fourth-order valence-electron chi connectivity index (χ4n) is 1.74. The molecule has 0 unspecified atom stereocenters. The van der Waals surface area contributed by atoms with E-state index in [0.29, 0.717) is 12.2 Å². The summed E-state index contributed by atoms with van der Waals surface area (Å²) in [6.07, 6.45) is 1.77. The van der Waals surface area contributed by atoms with Crippen LogP contribution in [0.2, 0.25) is 0 Å². The number of aromatic hydroxyl groups is 1. The van der Waals surface area contributed by atoms with Crippen LogP contribution >= 0.6 is 0 Å². The van der Waals surface area contributed by atoms with Gasteiger partial charge < -0.3 is 15.5 Å². The number of phenols is 1. The van der Waals surface area contributed by atoms with Gasteiger partial charge in [-0.05, 0) is 19.1 Å². The Kier molecular flexibility index (Phi) is 3.41. The fourth-order valence-corrected chi connectivity index (χ4v) is 1.74. The lowest BCUT2D eigenvalue weighted by molar-refractivity contribution is 0.0694. The number of benzene rings is 1. The molecule has 19 heavy (non-hydrogen) atoms. The van der Waals surface area contributed by atoms with Crippen LogP contribution in [0.3, 0.4) is 0 Å². The molecule has 100 valence electrons. The lowest BCUT2D eigenvalue weighted by Gasteiger charge is -2.08. The summed E-state index contributed by atoms with van der Waals surface area (Å²) in [5.74, 6) is -1.40. The van der Waals surface area contributed by atoms with Gasteiger partial charge in [-0.2, -0.15) is 5.10 Å². The number of aromatic carboxylic acids is 1. The summed E-state index contributed by atoms with van der Waals surface area (Å²) in [4.78, 5) is 10.8. The normalized spacial score (nSPS) is 10.4. The standard InChI is InChI=1S/C13H15N3O3/c1-8-9(7-15-16(8)2)6-14-10-3-4-11(13(18)19)12(17)5-10/h3-5,7,14,17H,6H2,1-2H3,(H,18,19). The van der Waals surface area contributed by atoms with E-state index in [2.05, 4.69) is 10.4 Å². The summed E-state index contributed by atoms with van der Waals surface area (Å²) in [6.45, 7) is 2.53. The van der Waals surface area contributed by atoms with E-state index in [4.69, 9.17) is 5.11 Å². The van der Waals surface area contributed by atoms with Crippen LogP contribution in [-0.2, 0) is 13.6 Å². The third-order valence-corrected chi connectivity index (χ3v) is 3.05. The first-order chi connectivity index (χ1) is 8.99. The molecule has 0 amide bonds. The zero-order chi connectivity index (χ0) is 14.0. The number of hydrogen-bond acceptors (Lipinski definition) is 4. The molecule has 2 aromatic rings. The van der Waals surface area contributed by atoms with Gasteiger partial charge in [0.05, 0.1) is 6.20 Å². The Balaban J connectivity index is 2.10. The fraction of sp³-hybridized carbons (Fsp3) is 0.231. The van der Waals surface area contributed by atoms with Gasteiger partial charge in [0.15, 0.2) is 0 Å². The number of carboxylic acids is 1. The van der Waals surface area contributed by atoms with Gasteiger partial charge in [0, 0.05) is 36.6 Å². The first-order valence-corrected chi connectivity index (χ1v) is 5.76. The number of anilines is 1. The largest absolute Gasteiger partial charge is 0.507 e. The van der Waals surface area contributed by atoms with E-state index < -0.39 is 5.97 Å². The van der Waals surface area contributed by atoms with Crippen LogP contribution in [0.5, 0.6) is 5.75 Å². The van der Waals surface area contributed by atoms with Crippen LogP contribution in [-0.4, -0.2) is 26.0 Å². The summed E-state index contributed by atoms with van der Waals surface area (Å²) in [7, 11) is 1.87. The monoisotopic (exact) mass is 261 g/mol. The van der Waals surface area contributed by atoms with Crippen LogP contribution < -0.4 is 5.32 Å². The van der Waals surface area contributed by atoms with Gasteiger partial charge in [0.25, 0.3) is 0 Å². The summed E-state index contributed by atoms with van der Waals surface area (Å²) < 4.78 is 1.78. The highest BCUT2D eigenvalue weighted by molar-refractivity contribution is 5.91. The Bertz CT molecular complexity index is 620. The van der Waals surface area contributed by atoms with Crippen molar-refractivity contribution < 1.29 is 15.0 Å². The van der Waals surface area contributed by atoms with E-state index in [1.54, 1.807) is 16.9 Å². The van der Waals surface area contributed by atoms with Crippen molar-refractivity contribution in [3.63, 3.8) is 0 Å². The lowest BCUT2D eigenvalue weighted by atomic mass is 10.1. The summed E-state index contributed by atoms with van der Waals surface area (Å²) in [5.41, 5.74) is 2.65. The van der Waals surface area contributed by atoms with Crippen LogP contribution in [0.4, 0.5) is 5.69 Å². The molecule has 2 rings (SSSR count). The molecule has 0 bridgehead atoms. The highest BCUT2D eigenvalue weighted by Gasteiger charge is 2.10. The average Bonchev–Trinajstić information content (AvgIpc) is 2.67. The number of nitrogens with zero attached hydrogens (tertiary/aromatic N) is 2. The van der Waals surface area contributed by atoms with E-state index in [1.165, 1.54) is 12.1 Å². The van der Waals surface area contributed by atoms with Crippen molar-refractivity contribution in [2.45, 2.75) is 13.5 Å². The van der Waals surface area contributed by atoms with Crippen molar-refractivity contribution in [2.24, 2.45) is 7.05 Å². The van der Waals surface area contributed by atoms with Gasteiger partial charge in [-0.1, -0.05) is 0 Å². The SMILES string of the molecule is Cc1c(CNc2ccc(C(=O)O)c(O)c2)cnn1C. The maximum Gasteiger partial charge on any atom is 0.339 e. The van der Waals surface area contributed by atoms with Gasteiger partial charge in [-0.3, -0.25) is 4.68 Å². The molecule has 0 aliphatic carbocycles. The third-order valence-electron chi connectivity index (χ3n) is 3.05. The highest BCUT2D eigenvalue weighted by Crippen LogP contribution is 2.22. The second kappa shape index (κ2) is 5.01. The minimum Gasteiger partial charge on any atom is -0.507 e. The molecule has 0 saturated carbocycles. The van der Waals surface area contributed by atoms with E-state index in [1.807, 2.05) is 14.0 Å². The van der Waals surface area contributed by atoms with Crippen molar-refractivity contribution in [1.82, 2.24) is 9.78 Å². The number of aryl methyl sites for hydroxylation is 1. The van der Waals surface area contributed by atoms with Crippen LogP contribution in [0.15, 0.2) is 24.4 Å². The molecule has 1 heterocycles. The van der Waals surface area contributed by atoms with Gasteiger partial charge in [-0.25, -0.2) is 4.79 Å². The van der Waals surface area contributed by atoms with Crippen molar-refractivity contribution in [3.8, 4) is 5.75 Å². The molecule has 6 heteroatoms. The van der Waals surface area contributed by atoms with E-state index >= 15 is 0 Å². The molecule has 0 saturated heterocycles.